The Hall–Kier alpha value is -7.72. The van der Waals surface area contributed by atoms with Gasteiger partial charge in [-0.2, -0.15) is 0 Å². The van der Waals surface area contributed by atoms with Crippen LogP contribution in [-0.2, 0) is 18.9 Å². The quantitative estimate of drug-likeness (QED) is 0.0340. The number of rotatable bonds is 29. The maximum Gasteiger partial charge on any atom is 0.119 e. The molecule has 430 valence electrons. The lowest BCUT2D eigenvalue weighted by atomic mass is 9.84. The first-order chi connectivity index (χ1) is 41.4. The predicted octanol–water partition coefficient (Wildman–Crippen LogP) is 19.7. The molecule has 0 radical (unpaired) electrons. The van der Waals surface area contributed by atoms with Gasteiger partial charge in [0.2, 0.25) is 0 Å². The highest BCUT2D eigenvalue weighted by Crippen LogP contribution is 2.42. The van der Waals surface area contributed by atoms with Crippen LogP contribution in [0.25, 0.3) is 54.2 Å². The summed E-state index contributed by atoms with van der Waals surface area (Å²) in [6, 6.07) is 75.1. The van der Waals surface area contributed by atoms with E-state index < -0.39 is 0 Å². The molecule has 0 atom stereocenters. The van der Waals surface area contributed by atoms with Crippen LogP contribution in [0.5, 0.6) is 11.5 Å². The highest BCUT2D eigenvalue weighted by Gasteiger charge is 2.37. The smallest absolute Gasteiger partial charge is 0.119 e. The van der Waals surface area contributed by atoms with Crippen LogP contribution in [0.4, 0.5) is 34.1 Å². The molecular weight excluding hydrogens is 1040 g/mol. The molecule has 0 amide bonds. The van der Waals surface area contributed by atoms with Gasteiger partial charge in [0.25, 0.3) is 0 Å². The van der Waals surface area contributed by atoms with E-state index in [0.29, 0.717) is 13.2 Å². The van der Waals surface area contributed by atoms with Gasteiger partial charge in [0.15, 0.2) is 0 Å². The zero-order valence-electron chi connectivity index (χ0n) is 49.1. The summed E-state index contributed by atoms with van der Waals surface area (Å²) < 4.78 is 35.6. The molecule has 2 heterocycles. The molecule has 0 bridgehead atoms. The minimum Gasteiger partial charge on any atom is -0.494 e. The second-order valence-corrected chi connectivity index (χ2v) is 23.5. The first kappa shape index (κ1) is 56.7. The summed E-state index contributed by atoms with van der Waals surface area (Å²) in [6.45, 7) is 12.5. The number of ether oxygens (including phenoxy) is 6. The minimum absolute atomic E-state index is 0.251. The van der Waals surface area contributed by atoms with Crippen molar-refractivity contribution >= 4 is 77.2 Å². The summed E-state index contributed by atoms with van der Waals surface area (Å²) in [5.74, 6) is 1.76. The normalized spacial score (nSPS) is 14.4. The van der Waals surface area contributed by atoms with Crippen molar-refractivity contribution in [3.8, 4) is 22.6 Å². The van der Waals surface area contributed by atoms with E-state index in [9.17, 15) is 0 Å². The van der Waals surface area contributed by atoms with Gasteiger partial charge in [0.1, 0.15) is 11.5 Å². The van der Waals surface area contributed by atoms with Gasteiger partial charge in [0, 0.05) is 58.2 Å². The fourth-order valence-electron chi connectivity index (χ4n) is 11.9. The molecule has 0 saturated carbocycles. The number of hydrogen-bond donors (Lipinski definition) is 0. The fraction of sp³-hybridized carbons (Fsp3) is 0.316. The Morgan fingerprint density at radius 1 is 0.321 bits per heavy atom. The Balaban J connectivity index is 0.738. The topological polar surface area (TPSA) is 61.9 Å². The lowest BCUT2D eigenvalue weighted by Gasteiger charge is -2.40. The summed E-state index contributed by atoms with van der Waals surface area (Å²) in [5.41, 5.74) is 9.24. The summed E-state index contributed by atoms with van der Waals surface area (Å²) in [7, 11) is 0. The molecule has 2 saturated heterocycles. The van der Waals surface area contributed by atoms with Crippen LogP contribution in [0.1, 0.15) is 78.1 Å². The second-order valence-electron chi connectivity index (χ2n) is 23.5. The Morgan fingerprint density at radius 3 is 0.964 bits per heavy atom. The highest BCUT2D eigenvalue weighted by molar-refractivity contribution is 6.01. The number of unbranched alkanes of at least 4 members (excludes halogenated alkanes) is 6. The molecule has 0 N–H and O–H groups in total. The maximum atomic E-state index is 6.30. The lowest BCUT2D eigenvalue weighted by Crippen LogP contribution is -2.45. The lowest BCUT2D eigenvalue weighted by molar-refractivity contribution is -0.150. The van der Waals surface area contributed by atoms with Crippen molar-refractivity contribution < 1.29 is 28.4 Å². The van der Waals surface area contributed by atoms with Crippen molar-refractivity contribution in [3.63, 3.8) is 0 Å². The molecule has 0 aromatic heterocycles. The fourth-order valence-corrected chi connectivity index (χ4v) is 11.9. The molecule has 84 heavy (non-hydrogen) atoms. The Bertz CT molecular complexity index is 3480. The van der Waals surface area contributed by atoms with Crippen molar-refractivity contribution in [2.45, 2.75) is 78.1 Å². The Morgan fingerprint density at radius 2 is 0.631 bits per heavy atom. The summed E-state index contributed by atoms with van der Waals surface area (Å²) >= 11 is 0. The molecule has 0 unspecified atom stereocenters. The number of fused-ring (bicyclic) bond motifs is 4. The second kappa shape index (κ2) is 26.9. The van der Waals surface area contributed by atoms with E-state index in [1.807, 2.05) is 0 Å². The van der Waals surface area contributed by atoms with Crippen molar-refractivity contribution in [2.24, 2.45) is 10.8 Å². The zero-order chi connectivity index (χ0) is 57.0. The molecule has 10 aromatic carbocycles. The molecule has 10 aromatic rings. The van der Waals surface area contributed by atoms with Crippen LogP contribution in [0.3, 0.4) is 0 Å². The van der Waals surface area contributed by atoms with Gasteiger partial charge >= 0.3 is 0 Å². The highest BCUT2D eigenvalue weighted by atomic mass is 16.5. The van der Waals surface area contributed by atoms with Crippen LogP contribution in [-0.4, -0.2) is 66.1 Å². The van der Waals surface area contributed by atoms with Crippen LogP contribution in [0.15, 0.2) is 206 Å². The van der Waals surface area contributed by atoms with E-state index in [2.05, 4.69) is 230 Å². The summed E-state index contributed by atoms with van der Waals surface area (Å²) in [6.07, 6.45) is 10.9. The molecule has 8 nitrogen and oxygen atoms in total. The monoisotopic (exact) mass is 1120 g/mol. The van der Waals surface area contributed by atoms with Crippen LogP contribution in [0, 0.1) is 10.8 Å². The SMILES string of the molecule is CCC1(COCCCCCCOc2ccc(N(c3ccc(-c4ccc(N(c5ccc(OCCCCCCOCC6(CC)COC6)cc5)c5ccc6cc7ccccc7cc6c5)cc4)cc3)c3ccc4cc5ccccc5cc4c3)cc2)COC1. The van der Waals surface area contributed by atoms with Gasteiger partial charge in [-0.1, -0.05) is 112 Å². The first-order valence-corrected chi connectivity index (χ1v) is 30.9. The summed E-state index contributed by atoms with van der Waals surface area (Å²) in [5, 5.41) is 9.79. The van der Waals surface area contributed by atoms with Crippen LogP contribution >= 0.6 is 0 Å². The molecule has 2 aliphatic rings. The van der Waals surface area contributed by atoms with Gasteiger partial charge in [-0.3, -0.25) is 0 Å². The summed E-state index contributed by atoms with van der Waals surface area (Å²) in [4.78, 5) is 4.70. The van der Waals surface area contributed by atoms with Gasteiger partial charge in [-0.25, -0.2) is 0 Å². The number of anilines is 6. The molecule has 2 fully saturated rings. The van der Waals surface area contributed by atoms with E-state index >= 15 is 0 Å². The number of benzene rings is 10. The number of nitrogens with zero attached hydrogens (tertiary/aromatic N) is 2. The van der Waals surface area contributed by atoms with Crippen molar-refractivity contribution in [2.75, 3.05) is 75.9 Å². The van der Waals surface area contributed by atoms with Crippen molar-refractivity contribution in [3.05, 3.63) is 206 Å². The molecule has 0 aliphatic carbocycles. The zero-order valence-corrected chi connectivity index (χ0v) is 49.1. The van der Waals surface area contributed by atoms with Crippen molar-refractivity contribution in [1.82, 2.24) is 0 Å². The van der Waals surface area contributed by atoms with Crippen LogP contribution in [0.2, 0.25) is 0 Å². The Labute approximate surface area is 496 Å². The molecule has 12 rings (SSSR count). The van der Waals surface area contributed by atoms with Crippen molar-refractivity contribution in [1.29, 1.82) is 0 Å². The number of hydrogen-bond acceptors (Lipinski definition) is 8. The molecule has 0 spiro atoms. The third kappa shape index (κ3) is 13.4. The molecular formula is C76H80N2O6. The van der Waals surface area contributed by atoms with Crippen LogP contribution < -0.4 is 19.3 Å². The third-order valence-corrected chi connectivity index (χ3v) is 17.5. The maximum absolute atomic E-state index is 6.30. The van der Waals surface area contributed by atoms with Gasteiger partial charge < -0.3 is 38.2 Å². The van der Waals surface area contributed by atoms with E-state index in [0.717, 1.165) is 174 Å². The standard InChI is InChI=1S/C76H80N2O6/c1-3-75(53-81-54-75)51-79-41-13-5-7-15-43-83-73-37-33-69(34-38-73)77(71-31-25-63-45-59-17-9-11-19-61(59)47-65(63)49-71)67-27-21-57(22-28-67)58-23-29-68(30-24-58)78(72-32-26-64-46-60-18-10-12-20-62(60)48-66(64)50-72)70-35-39-74(40-36-70)84-44-16-8-6-14-42-80-52-76(4-2)55-82-56-76/h9-12,17-40,45-50H,3-8,13-16,41-44,51-56H2,1-2H3. The van der Waals surface area contributed by atoms with E-state index in [-0.39, 0.29) is 10.8 Å². The van der Waals surface area contributed by atoms with Gasteiger partial charge in [-0.05, 0) is 227 Å². The largest absolute Gasteiger partial charge is 0.494 e. The third-order valence-electron chi connectivity index (χ3n) is 17.5. The average molecular weight is 1120 g/mol. The predicted molar refractivity (Wildman–Crippen MR) is 348 cm³/mol. The molecule has 2 aliphatic heterocycles. The van der Waals surface area contributed by atoms with E-state index in [1.165, 1.54) is 43.1 Å². The minimum atomic E-state index is 0.251. The van der Waals surface area contributed by atoms with Gasteiger partial charge in [-0.15, -0.1) is 0 Å². The first-order valence-electron chi connectivity index (χ1n) is 30.9. The van der Waals surface area contributed by atoms with Gasteiger partial charge in [0.05, 0.1) is 52.9 Å². The van der Waals surface area contributed by atoms with E-state index in [1.54, 1.807) is 0 Å². The Kier molecular flexibility index (Phi) is 18.2. The van der Waals surface area contributed by atoms with E-state index in [4.69, 9.17) is 28.4 Å². The molecule has 8 heteroatoms. The average Bonchev–Trinajstić information content (AvgIpc) is 3.34.